The van der Waals surface area contributed by atoms with Gasteiger partial charge in [-0.25, -0.2) is 0 Å². The molecular weight excluding hydrogens is 208 g/mol. The van der Waals surface area contributed by atoms with Gasteiger partial charge in [-0.2, -0.15) is 5.26 Å². The zero-order valence-corrected chi connectivity index (χ0v) is 11.5. The summed E-state index contributed by atoms with van der Waals surface area (Å²) < 4.78 is 0. The number of nitrogens with zero attached hydrogens (tertiary/aromatic N) is 2. The van der Waals surface area contributed by atoms with Crippen LogP contribution in [0.15, 0.2) is 18.2 Å². The average Bonchev–Trinajstić information content (AvgIpc) is 2.28. The third-order valence-electron chi connectivity index (χ3n) is 3.37. The lowest BCUT2D eigenvalue weighted by molar-refractivity contribution is 0.477. The van der Waals surface area contributed by atoms with Crippen LogP contribution in [0.5, 0.6) is 0 Å². The summed E-state index contributed by atoms with van der Waals surface area (Å²) >= 11 is 0. The highest BCUT2D eigenvalue weighted by Gasteiger charge is 2.15. The summed E-state index contributed by atoms with van der Waals surface area (Å²) in [6.07, 6.45) is 0. The Morgan fingerprint density at radius 3 is 2.35 bits per heavy atom. The number of anilines is 1. The lowest BCUT2D eigenvalue weighted by Crippen LogP contribution is -2.27. The second-order valence-electron chi connectivity index (χ2n) is 5.13. The molecule has 17 heavy (non-hydrogen) atoms. The fraction of sp³-hybridized carbons (Fsp3) is 0.533. The molecule has 0 spiro atoms. The van der Waals surface area contributed by atoms with E-state index in [1.165, 1.54) is 16.8 Å². The second kappa shape index (κ2) is 5.72. The van der Waals surface area contributed by atoms with E-state index < -0.39 is 0 Å². The molecule has 2 nitrogen and oxygen atoms in total. The fourth-order valence-corrected chi connectivity index (χ4v) is 1.76. The maximum absolute atomic E-state index is 9.11. The van der Waals surface area contributed by atoms with Crippen LogP contribution in [0.1, 0.15) is 25.0 Å². The first-order valence-electron chi connectivity index (χ1n) is 6.13. The van der Waals surface area contributed by atoms with Crippen molar-refractivity contribution in [3.63, 3.8) is 0 Å². The molecule has 1 atom stereocenters. The minimum absolute atomic E-state index is 0.0848. The van der Waals surface area contributed by atoms with Crippen molar-refractivity contribution in [3.8, 4) is 6.07 Å². The lowest BCUT2D eigenvalue weighted by atomic mass is 9.97. The maximum atomic E-state index is 9.11. The fourth-order valence-electron chi connectivity index (χ4n) is 1.76. The molecule has 0 bridgehead atoms. The Morgan fingerprint density at radius 1 is 1.24 bits per heavy atom. The lowest BCUT2D eigenvalue weighted by Gasteiger charge is -2.24. The Hall–Kier alpha value is -1.49. The van der Waals surface area contributed by atoms with E-state index in [9.17, 15) is 0 Å². The quantitative estimate of drug-likeness (QED) is 0.791. The highest BCUT2D eigenvalue weighted by molar-refractivity contribution is 5.50. The van der Waals surface area contributed by atoms with Crippen molar-refractivity contribution in [2.45, 2.75) is 27.7 Å². The molecule has 0 N–H and O–H groups in total. The van der Waals surface area contributed by atoms with Gasteiger partial charge in [0.05, 0.1) is 12.0 Å². The molecule has 1 aromatic rings. The normalized spacial score (nSPS) is 12.3. The molecule has 0 aliphatic heterocycles. The standard InChI is InChI=1S/C15H22N2/c1-11(2)14(9-16)10-17(5)15-7-6-12(3)13(4)8-15/h6-8,11,14H,10H2,1-5H3. The van der Waals surface area contributed by atoms with Crippen LogP contribution >= 0.6 is 0 Å². The van der Waals surface area contributed by atoms with Crippen molar-refractivity contribution in [2.75, 3.05) is 18.5 Å². The van der Waals surface area contributed by atoms with E-state index in [2.05, 4.69) is 63.9 Å². The summed E-state index contributed by atoms with van der Waals surface area (Å²) in [6.45, 7) is 9.23. The van der Waals surface area contributed by atoms with Crippen LogP contribution in [0.3, 0.4) is 0 Å². The summed E-state index contributed by atoms with van der Waals surface area (Å²) in [7, 11) is 2.05. The molecule has 0 saturated heterocycles. The molecule has 1 unspecified atom stereocenters. The number of rotatable bonds is 4. The molecule has 0 amide bonds. The van der Waals surface area contributed by atoms with Crippen molar-refractivity contribution in [1.29, 1.82) is 5.26 Å². The van der Waals surface area contributed by atoms with Crippen molar-refractivity contribution >= 4 is 5.69 Å². The molecule has 0 aromatic heterocycles. The van der Waals surface area contributed by atoms with Crippen LogP contribution in [0.2, 0.25) is 0 Å². The molecule has 0 radical (unpaired) electrons. The average molecular weight is 230 g/mol. The first kappa shape index (κ1) is 13.6. The van der Waals surface area contributed by atoms with Crippen molar-refractivity contribution in [1.82, 2.24) is 0 Å². The van der Waals surface area contributed by atoms with Crippen molar-refractivity contribution < 1.29 is 0 Å². The number of benzene rings is 1. The molecule has 0 saturated carbocycles. The van der Waals surface area contributed by atoms with Crippen LogP contribution in [0.4, 0.5) is 5.69 Å². The summed E-state index contributed by atoms with van der Waals surface area (Å²) in [5.41, 5.74) is 3.80. The van der Waals surface area contributed by atoms with E-state index in [0.29, 0.717) is 5.92 Å². The Bertz CT molecular complexity index is 415. The maximum Gasteiger partial charge on any atom is 0.0677 e. The third-order valence-corrected chi connectivity index (χ3v) is 3.37. The predicted molar refractivity (Wildman–Crippen MR) is 73.1 cm³/mol. The predicted octanol–water partition coefficient (Wildman–Crippen LogP) is 3.54. The van der Waals surface area contributed by atoms with E-state index >= 15 is 0 Å². The molecule has 2 heteroatoms. The Labute approximate surface area is 105 Å². The Balaban J connectivity index is 2.79. The number of nitriles is 1. The Morgan fingerprint density at radius 2 is 1.88 bits per heavy atom. The molecule has 0 aliphatic carbocycles. The zero-order chi connectivity index (χ0) is 13.0. The smallest absolute Gasteiger partial charge is 0.0677 e. The SMILES string of the molecule is Cc1ccc(N(C)CC(C#N)C(C)C)cc1C. The highest BCUT2D eigenvalue weighted by atomic mass is 15.1. The molecule has 0 fully saturated rings. The summed E-state index contributed by atoms with van der Waals surface area (Å²) in [6, 6.07) is 8.83. The molecule has 92 valence electrons. The first-order valence-corrected chi connectivity index (χ1v) is 6.13. The summed E-state index contributed by atoms with van der Waals surface area (Å²) in [4.78, 5) is 2.17. The minimum Gasteiger partial charge on any atom is -0.373 e. The van der Waals surface area contributed by atoms with Crippen LogP contribution in [0.25, 0.3) is 0 Å². The second-order valence-corrected chi connectivity index (χ2v) is 5.13. The van der Waals surface area contributed by atoms with Gasteiger partial charge in [-0.15, -0.1) is 0 Å². The van der Waals surface area contributed by atoms with Crippen molar-refractivity contribution in [2.24, 2.45) is 11.8 Å². The van der Waals surface area contributed by atoms with Crippen molar-refractivity contribution in [3.05, 3.63) is 29.3 Å². The summed E-state index contributed by atoms with van der Waals surface area (Å²) in [5, 5.41) is 9.11. The van der Waals surface area contributed by atoms with Gasteiger partial charge in [0.15, 0.2) is 0 Å². The first-order chi connectivity index (χ1) is 7.95. The van der Waals surface area contributed by atoms with Gasteiger partial charge in [-0.3, -0.25) is 0 Å². The molecule has 1 aromatic carbocycles. The third kappa shape index (κ3) is 3.49. The number of hydrogen-bond donors (Lipinski definition) is 0. The van der Waals surface area contributed by atoms with E-state index in [1.807, 2.05) is 0 Å². The van der Waals surface area contributed by atoms with Gasteiger partial charge in [-0.05, 0) is 43.0 Å². The number of hydrogen-bond acceptors (Lipinski definition) is 2. The monoisotopic (exact) mass is 230 g/mol. The van der Waals surface area contributed by atoms with Crippen LogP contribution in [0, 0.1) is 37.0 Å². The molecular formula is C15H22N2. The van der Waals surface area contributed by atoms with E-state index in [4.69, 9.17) is 5.26 Å². The van der Waals surface area contributed by atoms with E-state index in [1.54, 1.807) is 0 Å². The van der Waals surface area contributed by atoms with Gasteiger partial charge in [0, 0.05) is 19.3 Å². The summed E-state index contributed by atoms with van der Waals surface area (Å²) in [5.74, 6) is 0.482. The molecule has 0 aliphatic rings. The number of aryl methyl sites for hydroxylation is 2. The topological polar surface area (TPSA) is 27.0 Å². The highest BCUT2D eigenvalue weighted by Crippen LogP contribution is 2.20. The van der Waals surface area contributed by atoms with Gasteiger partial charge in [0.2, 0.25) is 0 Å². The van der Waals surface area contributed by atoms with Gasteiger partial charge >= 0.3 is 0 Å². The van der Waals surface area contributed by atoms with Gasteiger partial charge in [0.25, 0.3) is 0 Å². The van der Waals surface area contributed by atoms with Crippen LogP contribution in [-0.2, 0) is 0 Å². The van der Waals surface area contributed by atoms with Gasteiger partial charge < -0.3 is 4.90 Å². The van der Waals surface area contributed by atoms with Crippen LogP contribution < -0.4 is 4.90 Å². The van der Waals surface area contributed by atoms with E-state index in [-0.39, 0.29) is 5.92 Å². The van der Waals surface area contributed by atoms with E-state index in [0.717, 1.165) is 6.54 Å². The zero-order valence-electron chi connectivity index (χ0n) is 11.5. The minimum atomic E-state index is 0.0848. The van der Waals surface area contributed by atoms with Gasteiger partial charge in [-0.1, -0.05) is 19.9 Å². The molecule has 0 heterocycles. The molecule has 1 rings (SSSR count). The van der Waals surface area contributed by atoms with Gasteiger partial charge in [0.1, 0.15) is 0 Å². The van der Waals surface area contributed by atoms with Crippen LogP contribution in [-0.4, -0.2) is 13.6 Å². The largest absolute Gasteiger partial charge is 0.373 e. The Kier molecular flexibility index (Phi) is 4.57.